The Morgan fingerprint density at radius 2 is 1.79 bits per heavy atom. The lowest BCUT2D eigenvalue weighted by Gasteiger charge is -2.35. The number of hydrogen-bond donors (Lipinski definition) is 1. The van der Waals surface area contributed by atoms with Crippen LogP contribution < -0.4 is 0 Å². The summed E-state index contributed by atoms with van der Waals surface area (Å²) < 4.78 is 97.8. The highest BCUT2D eigenvalue weighted by Gasteiger charge is 2.58. The molecule has 7 nitrogen and oxygen atoms in total. The summed E-state index contributed by atoms with van der Waals surface area (Å²) >= 11 is 0.502. The lowest BCUT2D eigenvalue weighted by molar-refractivity contribution is -0.207. The number of nitrogens with zero attached hydrogens (tertiary/aromatic N) is 5. The number of tetrazole rings is 1. The molecule has 1 aromatic carbocycles. The molecule has 0 aliphatic rings. The number of thiophene rings is 1. The molecular weight excluding hydrogens is 543 g/mol. The minimum absolute atomic E-state index is 0.0682. The number of benzene rings is 1. The molecular formula is C23H12F7N5O2S. The summed E-state index contributed by atoms with van der Waals surface area (Å²) in [6.45, 7) is -1.03. The molecule has 0 spiro atoms. The molecule has 3 heterocycles. The van der Waals surface area contributed by atoms with Crippen molar-refractivity contribution in [1.82, 2.24) is 25.2 Å². The van der Waals surface area contributed by atoms with Gasteiger partial charge in [-0.1, -0.05) is 11.8 Å². The van der Waals surface area contributed by atoms with Crippen LogP contribution in [-0.2, 0) is 18.1 Å². The van der Waals surface area contributed by atoms with Gasteiger partial charge in [0.25, 0.3) is 5.78 Å². The van der Waals surface area contributed by atoms with Gasteiger partial charge in [-0.25, -0.2) is 13.5 Å². The van der Waals surface area contributed by atoms with Crippen molar-refractivity contribution in [1.29, 1.82) is 0 Å². The fraction of sp³-hybridized carbons (Fsp3) is 0.174. The molecule has 1 unspecified atom stereocenters. The summed E-state index contributed by atoms with van der Waals surface area (Å²) in [6.07, 6.45) is -3.22. The minimum atomic E-state index is -5.04. The van der Waals surface area contributed by atoms with Crippen LogP contribution in [0.25, 0.3) is 0 Å². The summed E-state index contributed by atoms with van der Waals surface area (Å²) in [5, 5.41) is 21.1. The Morgan fingerprint density at radius 3 is 2.39 bits per heavy atom. The molecule has 3 aromatic heterocycles. The Kier molecular flexibility index (Phi) is 7.04. The zero-order valence-electron chi connectivity index (χ0n) is 18.5. The van der Waals surface area contributed by atoms with E-state index in [0.29, 0.717) is 29.5 Å². The van der Waals surface area contributed by atoms with Gasteiger partial charge < -0.3 is 5.11 Å². The van der Waals surface area contributed by atoms with Crippen LogP contribution in [0, 0.1) is 23.5 Å². The standard InChI is InChI=1S/C23H12F7N5O2S/c24-14-3-6-16(17(25)9-14)21(37,11-35-12-32-33-34-35)22(26,27)19-8-2-13(10-31-19)1-4-15-5-7-18(38-15)20(36)23(28,29)30/h2-3,5-10,12,37H,11H2. The molecule has 0 aliphatic heterocycles. The van der Waals surface area contributed by atoms with Crippen LogP contribution in [-0.4, -0.2) is 42.3 Å². The van der Waals surface area contributed by atoms with Gasteiger partial charge >= 0.3 is 12.1 Å². The van der Waals surface area contributed by atoms with Crippen molar-refractivity contribution in [3.05, 3.63) is 93.2 Å². The van der Waals surface area contributed by atoms with E-state index in [9.17, 15) is 31.9 Å². The molecule has 38 heavy (non-hydrogen) atoms. The smallest absolute Gasteiger partial charge is 0.377 e. The normalized spacial score (nSPS) is 13.5. The number of aliphatic hydroxyl groups is 1. The number of ketones is 1. The van der Waals surface area contributed by atoms with Crippen molar-refractivity contribution < 1.29 is 40.6 Å². The quantitative estimate of drug-likeness (QED) is 0.218. The van der Waals surface area contributed by atoms with Crippen LogP contribution in [0.1, 0.15) is 31.4 Å². The maximum atomic E-state index is 15.7. The second-order valence-corrected chi connectivity index (χ2v) is 8.82. The Labute approximate surface area is 212 Å². The molecule has 0 bridgehead atoms. The van der Waals surface area contributed by atoms with Gasteiger partial charge in [-0.05, 0) is 46.8 Å². The first-order chi connectivity index (χ1) is 17.8. The maximum Gasteiger partial charge on any atom is 0.455 e. The number of Topliss-reactive ketones (excluding diaryl/α,β-unsaturated/α-hetero) is 1. The first kappa shape index (κ1) is 26.9. The van der Waals surface area contributed by atoms with Crippen LogP contribution in [0.3, 0.4) is 0 Å². The fourth-order valence-corrected chi connectivity index (χ4v) is 4.15. The number of aromatic nitrogens is 5. The van der Waals surface area contributed by atoms with E-state index in [0.717, 1.165) is 35.4 Å². The monoisotopic (exact) mass is 555 g/mol. The number of pyridine rings is 1. The van der Waals surface area contributed by atoms with Gasteiger partial charge in [0.2, 0.25) is 0 Å². The summed E-state index contributed by atoms with van der Waals surface area (Å²) in [7, 11) is 0. The molecule has 4 aromatic rings. The Bertz CT molecular complexity index is 1530. The highest BCUT2D eigenvalue weighted by atomic mass is 32.1. The Hall–Kier alpha value is -4.16. The van der Waals surface area contributed by atoms with Crippen molar-refractivity contribution in [2.45, 2.75) is 24.2 Å². The van der Waals surface area contributed by atoms with E-state index in [2.05, 4.69) is 32.4 Å². The third kappa shape index (κ3) is 5.27. The van der Waals surface area contributed by atoms with E-state index in [1.165, 1.54) is 6.07 Å². The second kappa shape index (κ2) is 9.95. The summed E-state index contributed by atoms with van der Waals surface area (Å²) in [5.74, 6) is -3.76. The first-order valence-electron chi connectivity index (χ1n) is 10.3. The first-order valence-corrected chi connectivity index (χ1v) is 11.1. The molecule has 0 fully saturated rings. The molecule has 1 N–H and O–H groups in total. The van der Waals surface area contributed by atoms with E-state index < -0.39 is 57.8 Å². The average molecular weight is 555 g/mol. The molecule has 4 rings (SSSR count). The number of carbonyl (C=O) groups excluding carboxylic acids is 1. The van der Waals surface area contributed by atoms with Gasteiger partial charge in [-0.3, -0.25) is 9.78 Å². The number of halogens is 7. The van der Waals surface area contributed by atoms with E-state index >= 15 is 8.78 Å². The van der Waals surface area contributed by atoms with Gasteiger partial charge in [0.15, 0.2) is 5.60 Å². The zero-order valence-corrected chi connectivity index (χ0v) is 19.4. The summed E-state index contributed by atoms with van der Waals surface area (Å²) in [4.78, 5) is 14.5. The average Bonchev–Trinajstić information content (AvgIpc) is 3.54. The van der Waals surface area contributed by atoms with E-state index in [1.54, 1.807) is 0 Å². The number of carbonyl (C=O) groups is 1. The Balaban J connectivity index is 1.64. The van der Waals surface area contributed by atoms with Crippen molar-refractivity contribution in [2.75, 3.05) is 0 Å². The molecule has 1 atom stereocenters. The second-order valence-electron chi connectivity index (χ2n) is 7.74. The molecule has 0 amide bonds. The van der Waals surface area contributed by atoms with E-state index in [4.69, 9.17) is 0 Å². The van der Waals surface area contributed by atoms with Crippen molar-refractivity contribution >= 4 is 17.1 Å². The summed E-state index contributed by atoms with van der Waals surface area (Å²) in [5.41, 5.74) is -5.19. The van der Waals surface area contributed by atoms with E-state index in [1.807, 2.05) is 0 Å². The van der Waals surface area contributed by atoms with Gasteiger partial charge in [0.05, 0.1) is 16.3 Å². The highest BCUT2D eigenvalue weighted by Crippen LogP contribution is 2.46. The minimum Gasteiger partial charge on any atom is -0.377 e. The molecule has 0 aliphatic carbocycles. The van der Waals surface area contributed by atoms with Gasteiger partial charge in [-0.2, -0.15) is 22.0 Å². The van der Waals surface area contributed by atoms with Crippen molar-refractivity contribution in [2.24, 2.45) is 0 Å². The van der Waals surface area contributed by atoms with Crippen molar-refractivity contribution in [3.63, 3.8) is 0 Å². The van der Waals surface area contributed by atoms with E-state index in [-0.39, 0.29) is 10.4 Å². The zero-order chi connectivity index (χ0) is 27.7. The predicted octanol–water partition coefficient (Wildman–Crippen LogP) is 4.23. The fourth-order valence-electron chi connectivity index (χ4n) is 3.33. The van der Waals surface area contributed by atoms with Crippen LogP contribution in [0.5, 0.6) is 0 Å². The molecule has 0 radical (unpaired) electrons. The van der Waals surface area contributed by atoms with Crippen LogP contribution >= 0.6 is 11.3 Å². The topological polar surface area (TPSA) is 93.8 Å². The van der Waals surface area contributed by atoms with Crippen LogP contribution in [0.2, 0.25) is 0 Å². The number of hydrogen-bond acceptors (Lipinski definition) is 7. The molecule has 196 valence electrons. The number of rotatable bonds is 6. The third-order valence-corrected chi connectivity index (χ3v) is 6.18. The maximum absolute atomic E-state index is 15.7. The van der Waals surface area contributed by atoms with Crippen LogP contribution in [0.4, 0.5) is 30.7 Å². The Morgan fingerprint density at radius 1 is 1.03 bits per heavy atom. The third-order valence-electron chi connectivity index (χ3n) is 5.18. The van der Waals surface area contributed by atoms with Gasteiger partial charge in [0, 0.05) is 23.4 Å². The lowest BCUT2D eigenvalue weighted by atomic mass is 9.84. The van der Waals surface area contributed by atoms with Crippen LogP contribution in [0.15, 0.2) is 55.0 Å². The van der Waals surface area contributed by atoms with Gasteiger partial charge in [-0.15, -0.1) is 16.4 Å². The summed E-state index contributed by atoms with van der Waals surface area (Å²) in [6, 6.07) is 5.76. The largest absolute Gasteiger partial charge is 0.455 e. The molecule has 15 heteroatoms. The SMILES string of the molecule is O=C(c1ccc(C#Cc2ccc(C(F)(F)C(O)(Cn3cnnn3)c3ccc(F)cc3F)nc2)s1)C(F)(F)F. The molecule has 0 saturated heterocycles. The molecule has 0 saturated carbocycles. The predicted molar refractivity (Wildman–Crippen MR) is 117 cm³/mol. The van der Waals surface area contributed by atoms with Crippen molar-refractivity contribution in [3.8, 4) is 11.8 Å². The lowest BCUT2D eigenvalue weighted by Crippen LogP contribution is -2.48. The highest BCUT2D eigenvalue weighted by molar-refractivity contribution is 7.14. The number of alkyl halides is 5. The van der Waals surface area contributed by atoms with Gasteiger partial charge in [0.1, 0.15) is 23.7 Å².